The molecule has 1 fully saturated rings. The Morgan fingerprint density at radius 1 is 1.21 bits per heavy atom. The molecule has 1 saturated heterocycles. The molecule has 2 aromatic carbocycles. The van der Waals surface area contributed by atoms with Crippen molar-refractivity contribution in [1.29, 1.82) is 5.41 Å². The van der Waals surface area contributed by atoms with E-state index in [0.717, 1.165) is 0 Å². The van der Waals surface area contributed by atoms with E-state index in [9.17, 15) is 30.3 Å². The highest BCUT2D eigenvalue weighted by Gasteiger charge is 2.47. The zero-order chi connectivity index (χ0) is 27.5. The number of phenolic OH excluding ortho intramolecular Hbond substituents is 2. The van der Waals surface area contributed by atoms with Crippen molar-refractivity contribution in [2.75, 3.05) is 13.7 Å². The predicted molar refractivity (Wildman–Crippen MR) is 134 cm³/mol. The van der Waals surface area contributed by atoms with Crippen molar-refractivity contribution in [3.8, 4) is 17.2 Å². The Kier molecular flexibility index (Phi) is 6.70. The number of aliphatic hydroxyl groups excluding tert-OH is 2. The number of rotatable bonds is 5. The summed E-state index contributed by atoms with van der Waals surface area (Å²) in [6, 6.07) is 4.07. The summed E-state index contributed by atoms with van der Waals surface area (Å²) in [5, 5.41) is 63.0. The minimum atomic E-state index is -1.53. The van der Waals surface area contributed by atoms with Gasteiger partial charge in [0.2, 0.25) is 0 Å². The highest BCUT2D eigenvalue weighted by atomic mass is 16.7. The van der Waals surface area contributed by atoms with Crippen LogP contribution in [0.3, 0.4) is 0 Å². The first-order chi connectivity index (χ1) is 18.0. The second-order valence-electron chi connectivity index (χ2n) is 10.3. The van der Waals surface area contributed by atoms with Gasteiger partial charge in [0, 0.05) is 48.6 Å². The average Bonchev–Trinajstić information content (AvgIpc) is 2.87. The van der Waals surface area contributed by atoms with Crippen molar-refractivity contribution in [1.82, 2.24) is 0 Å². The van der Waals surface area contributed by atoms with E-state index in [1.165, 1.54) is 13.2 Å². The van der Waals surface area contributed by atoms with E-state index in [0.29, 0.717) is 0 Å². The summed E-state index contributed by atoms with van der Waals surface area (Å²) in [4.78, 5) is 13.6. The van der Waals surface area contributed by atoms with Crippen LogP contribution in [-0.2, 0) is 15.9 Å². The van der Waals surface area contributed by atoms with E-state index in [1.807, 2.05) is 0 Å². The Balaban J connectivity index is 1.66. The maximum atomic E-state index is 13.6. The molecule has 2 aromatic rings. The van der Waals surface area contributed by atoms with Crippen LogP contribution in [0, 0.1) is 5.41 Å². The van der Waals surface area contributed by atoms with Gasteiger partial charge in [-0.25, -0.2) is 0 Å². The van der Waals surface area contributed by atoms with Gasteiger partial charge >= 0.3 is 0 Å². The summed E-state index contributed by atoms with van der Waals surface area (Å²) in [5.74, 6) is -1.22. The van der Waals surface area contributed by atoms with Crippen LogP contribution in [0.25, 0.3) is 0 Å². The van der Waals surface area contributed by atoms with E-state index < -0.39 is 53.5 Å². The van der Waals surface area contributed by atoms with Gasteiger partial charge in [-0.05, 0) is 19.4 Å². The molecule has 11 heteroatoms. The lowest BCUT2D eigenvalue weighted by Crippen LogP contribution is -2.52. The maximum Gasteiger partial charge on any atom is 0.198 e. The van der Waals surface area contributed by atoms with Gasteiger partial charge in [-0.2, -0.15) is 0 Å². The molecule has 38 heavy (non-hydrogen) atoms. The van der Waals surface area contributed by atoms with Gasteiger partial charge in [0.1, 0.15) is 17.2 Å². The first-order valence-corrected chi connectivity index (χ1v) is 12.5. The molecule has 5 unspecified atom stereocenters. The standard InChI is InChI=1S/C27H32N2O9/c1-11-23(31)14(28)8-17(37-11)38-16-10-27(35,6-7-30)9-13-19(16)26(34)20-21(25(13)33)24(32)12-4-3-5-15(36-2)18(12)22(20)29/h3-5,11,14,16-17,23,29-31,33-35H,6-10,28H2,1-2H3/t11?,14?,16?,17?,23?,27-/m0/s1. The largest absolute Gasteiger partial charge is 0.507 e. The normalized spacial score (nSPS) is 30.4. The third-order valence-corrected chi connectivity index (χ3v) is 7.84. The molecule has 1 aliphatic heterocycles. The highest BCUT2D eigenvalue weighted by molar-refractivity contribution is 6.32. The molecule has 11 nitrogen and oxygen atoms in total. The quantitative estimate of drug-likeness (QED) is 0.235. The molecule has 0 spiro atoms. The van der Waals surface area contributed by atoms with E-state index in [1.54, 1.807) is 19.1 Å². The van der Waals surface area contributed by atoms with E-state index >= 15 is 0 Å². The van der Waals surface area contributed by atoms with Crippen LogP contribution in [0.15, 0.2) is 18.2 Å². The van der Waals surface area contributed by atoms with E-state index in [2.05, 4.69) is 0 Å². The van der Waals surface area contributed by atoms with Gasteiger partial charge in [-0.1, -0.05) is 12.1 Å². The monoisotopic (exact) mass is 528 g/mol. The number of ether oxygens (including phenoxy) is 3. The lowest BCUT2D eigenvalue weighted by molar-refractivity contribution is -0.248. The Morgan fingerprint density at radius 2 is 1.95 bits per heavy atom. The fourth-order valence-corrected chi connectivity index (χ4v) is 5.91. The number of nitrogens with two attached hydrogens (primary N) is 1. The van der Waals surface area contributed by atoms with Crippen molar-refractivity contribution in [2.45, 2.75) is 68.9 Å². The third kappa shape index (κ3) is 4.06. The van der Waals surface area contributed by atoms with Crippen LogP contribution in [0.1, 0.15) is 70.5 Å². The molecule has 0 saturated carbocycles. The van der Waals surface area contributed by atoms with Crippen LogP contribution in [0.5, 0.6) is 17.2 Å². The van der Waals surface area contributed by atoms with Crippen molar-refractivity contribution in [3.05, 3.63) is 51.6 Å². The average molecular weight is 529 g/mol. The number of phenols is 2. The molecule has 1 heterocycles. The number of methoxy groups -OCH3 is 1. The summed E-state index contributed by atoms with van der Waals surface area (Å²) in [6.07, 6.45) is -3.64. The molecule has 2 aliphatic carbocycles. The Morgan fingerprint density at radius 3 is 2.61 bits per heavy atom. The van der Waals surface area contributed by atoms with Crippen LogP contribution >= 0.6 is 0 Å². The van der Waals surface area contributed by atoms with Crippen molar-refractivity contribution < 1.29 is 44.5 Å². The van der Waals surface area contributed by atoms with E-state index in [4.69, 9.17) is 25.4 Å². The molecular formula is C27H32N2O9. The molecule has 5 rings (SSSR count). The lowest BCUT2D eigenvalue weighted by atomic mass is 9.72. The Labute approximate surface area is 218 Å². The number of hydrogen-bond donors (Lipinski definition) is 7. The summed E-state index contributed by atoms with van der Waals surface area (Å²) >= 11 is 0. The molecule has 0 bridgehead atoms. The molecule has 0 radical (unpaired) electrons. The summed E-state index contributed by atoms with van der Waals surface area (Å²) in [6.45, 7) is 1.30. The minimum absolute atomic E-state index is 0.0481. The fraction of sp³-hybridized carbons (Fsp3) is 0.481. The minimum Gasteiger partial charge on any atom is -0.507 e. The van der Waals surface area contributed by atoms with Crippen LogP contribution < -0.4 is 10.5 Å². The van der Waals surface area contributed by atoms with Crippen LogP contribution in [-0.4, -0.2) is 80.9 Å². The number of fused-ring (bicyclic) bond motifs is 3. The topological polar surface area (TPSA) is 196 Å². The zero-order valence-electron chi connectivity index (χ0n) is 21.1. The zero-order valence-corrected chi connectivity index (χ0v) is 21.1. The highest BCUT2D eigenvalue weighted by Crippen LogP contribution is 2.52. The smallest absolute Gasteiger partial charge is 0.198 e. The predicted octanol–water partition coefficient (Wildman–Crippen LogP) is 1.01. The second kappa shape index (κ2) is 9.60. The molecular weight excluding hydrogens is 496 g/mol. The number of aliphatic hydroxyl groups is 3. The Hall–Kier alpha value is -3.06. The van der Waals surface area contributed by atoms with Crippen molar-refractivity contribution in [2.24, 2.45) is 5.73 Å². The first-order valence-electron chi connectivity index (χ1n) is 12.5. The second-order valence-corrected chi connectivity index (χ2v) is 10.3. The molecule has 8 N–H and O–H groups in total. The SMILES string of the molecule is COc1cccc2c1C(=N)c1c(O)c3c(c(O)c1C2=O)C[C@@](O)(CCO)CC3OC1CC(N)C(O)C(C)O1. The van der Waals surface area contributed by atoms with Crippen LogP contribution in [0.4, 0.5) is 0 Å². The van der Waals surface area contributed by atoms with Gasteiger partial charge in [-0.3, -0.25) is 10.2 Å². The molecule has 0 aromatic heterocycles. The summed E-state index contributed by atoms with van der Waals surface area (Å²) in [5.41, 5.74) is 4.46. The number of carbonyl (C=O) groups is 1. The van der Waals surface area contributed by atoms with Crippen LogP contribution in [0.2, 0.25) is 0 Å². The first kappa shape index (κ1) is 26.5. The van der Waals surface area contributed by atoms with Gasteiger partial charge in [0.05, 0.1) is 53.4 Å². The molecule has 0 amide bonds. The number of carbonyl (C=O) groups excluding carboxylic acids is 1. The molecule has 204 valence electrons. The number of ketones is 1. The van der Waals surface area contributed by atoms with Crippen molar-refractivity contribution >= 4 is 11.5 Å². The summed E-state index contributed by atoms with van der Waals surface area (Å²) < 4.78 is 17.3. The number of hydrogen-bond acceptors (Lipinski definition) is 11. The summed E-state index contributed by atoms with van der Waals surface area (Å²) in [7, 11) is 1.41. The molecule has 6 atom stereocenters. The van der Waals surface area contributed by atoms with Crippen molar-refractivity contribution in [3.63, 3.8) is 0 Å². The van der Waals surface area contributed by atoms with Gasteiger partial charge in [0.25, 0.3) is 0 Å². The molecule has 3 aliphatic rings. The number of nitrogens with one attached hydrogen (secondary N) is 1. The van der Waals surface area contributed by atoms with E-state index in [-0.39, 0.29) is 77.1 Å². The fourth-order valence-electron chi connectivity index (χ4n) is 5.91. The third-order valence-electron chi connectivity index (χ3n) is 7.84. The van der Waals surface area contributed by atoms with Gasteiger partial charge in [-0.15, -0.1) is 0 Å². The lowest BCUT2D eigenvalue weighted by Gasteiger charge is -2.43. The van der Waals surface area contributed by atoms with Gasteiger partial charge < -0.3 is 45.5 Å². The number of benzene rings is 2. The number of aromatic hydroxyl groups is 2. The van der Waals surface area contributed by atoms with Gasteiger partial charge in [0.15, 0.2) is 12.1 Å². The Bertz CT molecular complexity index is 1300. The maximum absolute atomic E-state index is 13.6.